The predicted molar refractivity (Wildman–Crippen MR) is 118 cm³/mol. The fourth-order valence-electron chi connectivity index (χ4n) is 2.81. The maximum atomic E-state index is 12.2. The number of carbonyl (C=O) groups excluding carboxylic acids is 1. The molecule has 0 heterocycles. The van der Waals surface area contributed by atoms with Gasteiger partial charge in [0.25, 0.3) is 5.91 Å². The number of aromatic hydroxyl groups is 1. The van der Waals surface area contributed by atoms with E-state index >= 15 is 0 Å². The van der Waals surface area contributed by atoms with Crippen LogP contribution >= 0.6 is 0 Å². The van der Waals surface area contributed by atoms with Gasteiger partial charge in [0.2, 0.25) is 0 Å². The van der Waals surface area contributed by atoms with Crippen molar-refractivity contribution in [1.29, 1.82) is 0 Å². The monoisotopic (exact) mass is 406 g/mol. The van der Waals surface area contributed by atoms with Gasteiger partial charge in [-0.05, 0) is 67.9 Å². The van der Waals surface area contributed by atoms with Gasteiger partial charge in [0.1, 0.15) is 5.75 Å². The molecule has 0 spiro atoms. The number of aryl methyl sites for hydroxylation is 1. The normalized spacial score (nSPS) is 10.3. The van der Waals surface area contributed by atoms with E-state index < -0.39 is 0 Å². The van der Waals surface area contributed by atoms with Gasteiger partial charge >= 0.3 is 0 Å². The summed E-state index contributed by atoms with van der Waals surface area (Å²) in [4.78, 5) is 12.2. The standard InChI is InChI=1S/C24H26N2O4/c1-3-29-23-14-18(15-25-19-9-11-21(27)12-10-19)6-13-22(23)30-16-24(28)26-20-7-4-17(2)5-8-20/h4-14,25,27H,3,15-16H2,1-2H3,(H,26,28). The molecule has 0 aliphatic rings. The van der Waals surface area contributed by atoms with Gasteiger partial charge in [0.15, 0.2) is 18.1 Å². The van der Waals surface area contributed by atoms with Crippen molar-refractivity contribution in [3.63, 3.8) is 0 Å². The Labute approximate surface area is 176 Å². The molecule has 0 saturated heterocycles. The average Bonchev–Trinajstić information content (AvgIpc) is 2.74. The van der Waals surface area contributed by atoms with Crippen LogP contribution in [0.4, 0.5) is 11.4 Å². The minimum atomic E-state index is -0.237. The van der Waals surface area contributed by atoms with E-state index in [9.17, 15) is 9.90 Å². The summed E-state index contributed by atoms with van der Waals surface area (Å²) < 4.78 is 11.4. The van der Waals surface area contributed by atoms with Crippen LogP contribution in [0.2, 0.25) is 0 Å². The third kappa shape index (κ3) is 6.17. The van der Waals surface area contributed by atoms with E-state index in [0.29, 0.717) is 24.7 Å². The maximum absolute atomic E-state index is 12.2. The molecule has 0 atom stereocenters. The summed E-state index contributed by atoms with van der Waals surface area (Å²) in [5.41, 5.74) is 3.77. The molecule has 1 amide bonds. The van der Waals surface area contributed by atoms with Gasteiger partial charge in [-0.15, -0.1) is 0 Å². The van der Waals surface area contributed by atoms with Crippen molar-refractivity contribution in [3.05, 3.63) is 77.9 Å². The lowest BCUT2D eigenvalue weighted by Gasteiger charge is -2.14. The molecule has 6 heteroatoms. The van der Waals surface area contributed by atoms with Gasteiger partial charge in [0.05, 0.1) is 6.61 Å². The van der Waals surface area contributed by atoms with Crippen LogP contribution in [0, 0.1) is 6.92 Å². The van der Waals surface area contributed by atoms with Crippen LogP contribution in [-0.4, -0.2) is 24.2 Å². The van der Waals surface area contributed by atoms with Crippen molar-refractivity contribution >= 4 is 17.3 Å². The van der Waals surface area contributed by atoms with E-state index in [1.807, 2.05) is 62.4 Å². The number of anilines is 2. The highest BCUT2D eigenvalue weighted by Crippen LogP contribution is 2.29. The molecular weight excluding hydrogens is 380 g/mol. The molecule has 156 valence electrons. The van der Waals surface area contributed by atoms with Crippen molar-refractivity contribution in [2.45, 2.75) is 20.4 Å². The van der Waals surface area contributed by atoms with Crippen LogP contribution in [0.15, 0.2) is 66.7 Å². The molecule has 3 rings (SSSR count). The first kappa shape index (κ1) is 21.0. The molecule has 0 saturated carbocycles. The van der Waals surface area contributed by atoms with Crippen molar-refractivity contribution in [1.82, 2.24) is 0 Å². The second-order valence-electron chi connectivity index (χ2n) is 6.82. The molecule has 3 aromatic rings. The van der Waals surface area contributed by atoms with Crippen LogP contribution in [0.5, 0.6) is 17.2 Å². The first-order valence-electron chi connectivity index (χ1n) is 9.81. The van der Waals surface area contributed by atoms with E-state index in [1.165, 1.54) is 0 Å². The van der Waals surface area contributed by atoms with Crippen LogP contribution in [0.25, 0.3) is 0 Å². The molecule has 0 aliphatic carbocycles. The molecule has 6 nitrogen and oxygen atoms in total. The van der Waals surface area contributed by atoms with Gasteiger partial charge in [-0.25, -0.2) is 0 Å². The average molecular weight is 406 g/mol. The van der Waals surface area contributed by atoms with Crippen LogP contribution in [0.3, 0.4) is 0 Å². The third-order valence-electron chi connectivity index (χ3n) is 4.37. The number of nitrogens with one attached hydrogen (secondary N) is 2. The molecule has 3 N–H and O–H groups in total. The van der Waals surface area contributed by atoms with E-state index in [4.69, 9.17) is 9.47 Å². The third-order valence-corrected chi connectivity index (χ3v) is 4.37. The number of phenols is 1. The maximum Gasteiger partial charge on any atom is 0.262 e. The number of phenolic OH excluding ortho intramolecular Hbond substituents is 1. The summed E-state index contributed by atoms with van der Waals surface area (Å²) in [5, 5.41) is 15.5. The summed E-state index contributed by atoms with van der Waals surface area (Å²) in [6.45, 7) is 4.85. The fraction of sp³-hybridized carbons (Fsp3) is 0.208. The zero-order valence-electron chi connectivity index (χ0n) is 17.1. The number of ether oxygens (including phenoxy) is 2. The van der Waals surface area contributed by atoms with Crippen molar-refractivity contribution in [2.24, 2.45) is 0 Å². The summed E-state index contributed by atoms with van der Waals surface area (Å²) in [6, 6.07) is 20.1. The Morgan fingerprint density at radius 1 is 0.900 bits per heavy atom. The molecule has 0 aliphatic heterocycles. The van der Waals surface area contributed by atoms with Gasteiger partial charge in [-0.2, -0.15) is 0 Å². The zero-order chi connectivity index (χ0) is 21.3. The molecular formula is C24H26N2O4. The molecule has 3 aromatic carbocycles. The van der Waals surface area contributed by atoms with Crippen molar-refractivity contribution in [3.8, 4) is 17.2 Å². The predicted octanol–water partition coefficient (Wildman–Crippen LogP) is 4.73. The first-order chi connectivity index (χ1) is 14.5. The SMILES string of the molecule is CCOc1cc(CNc2ccc(O)cc2)ccc1OCC(=O)Nc1ccc(C)cc1. The second-order valence-corrected chi connectivity index (χ2v) is 6.82. The molecule has 0 unspecified atom stereocenters. The lowest BCUT2D eigenvalue weighted by molar-refractivity contribution is -0.118. The summed E-state index contributed by atoms with van der Waals surface area (Å²) >= 11 is 0. The van der Waals surface area contributed by atoms with Gasteiger partial charge in [0, 0.05) is 17.9 Å². The number of carbonyl (C=O) groups is 1. The topological polar surface area (TPSA) is 79.8 Å². The smallest absolute Gasteiger partial charge is 0.262 e. The number of amides is 1. The number of rotatable bonds is 9. The van der Waals surface area contributed by atoms with Crippen LogP contribution < -0.4 is 20.1 Å². The molecule has 0 bridgehead atoms. The highest BCUT2D eigenvalue weighted by atomic mass is 16.5. The minimum Gasteiger partial charge on any atom is -0.508 e. The quantitative estimate of drug-likeness (QED) is 0.448. The largest absolute Gasteiger partial charge is 0.508 e. The second kappa shape index (κ2) is 10.2. The number of hydrogen-bond acceptors (Lipinski definition) is 5. The van der Waals surface area contributed by atoms with Crippen molar-refractivity contribution in [2.75, 3.05) is 23.8 Å². The lowest BCUT2D eigenvalue weighted by Crippen LogP contribution is -2.20. The van der Waals surface area contributed by atoms with E-state index in [1.54, 1.807) is 18.2 Å². The highest BCUT2D eigenvalue weighted by Gasteiger charge is 2.10. The fourth-order valence-corrected chi connectivity index (χ4v) is 2.81. The van der Waals surface area contributed by atoms with Gasteiger partial charge in [-0.1, -0.05) is 23.8 Å². The van der Waals surface area contributed by atoms with E-state index in [-0.39, 0.29) is 18.3 Å². The number of hydrogen-bond donors (Lipinski definition) is 3. The Morgan fingerprint density at radius 2 is 1.60 bits per heavy atom. The zero-order valence-corrected chi connectivity index (χ0v) is 17.1. The van der Waals surface area contributed by atoms with Crippen LogP contribution in [-0.2, 0) is 11.3 Å². The van der Waals surface area contributed by atoms with Crippen molar-refractivity contribution < 1.29 is 19.4 Å². The molecule has 0 aromatic heterocycles. The summed E-state index contributed by atoms with van der Waals surface area (Å²) in [6.07, 6.45) is 0. The van der Waals surface area contributed by atoms with Gasteiger partial charge in [-0.3, -0.25) is 4.79 Å². The molecule has 0 radical (unpaired) electrons. The molecule has 0 fully saturated rings. The Balaban J connectivity index is 1.59. The lowest BCUT2D eigenvalue weighted by atomic mass is 10.2. The first-order valence-corrected chi connectivity index (χ1v) is 9.81. The molecule has 30 heavy (non-hydrogen) atoms. The van der Waals surface area contributed by atoms with E-state index in [0.717, 1.165) is 22.5 Å². The van der Waals surface area contributed by atoms with Crippen LogP contribution in [0.1, 0.15) is 18.1 Å². The van der Waals surface area contributed by atoms with Gasteiger partial charge < -0.3 is 25.2 Å². The Kier molecular flexibility index (Phi) is 7.16. The Hall–Kier alpha value is -3.67. The van der Waals surface area contributed by atoms with E-state index in [2.05, 4.69) is 10.6 Å². The number of benzene rings is 3. The summed E-state index contributed by atoms with van der Waals surface area (Å²) in [7, 11) is 0. The summed E-state index contributed by atoms with van der Waals surface area (Å²) in [5.74, 6) is 1.10. The highest BCUT2D eigenvalue weighted by molar-refractivity contribution is 5.91. The Morgan fingerprint density at radius 3 is 2.30 bits per heavy atom. The minimum absolute atomic E-state index is 0.112. The Bertz CT molecular complexity index is 970.